The van der Waals surface area contributed by atoms with Crippen LogP contribution >= 0.6 is 0 Å². The smallest absolute Gasteiger partial charge is 0.246 e. The van der Waals surface area contributed by atoms with E-state index in [0.717, 1.165) is 55.4 Å². The van der Waals surface area contributed by atoms with Crippen LogP contribution in [0.4, 0.5) is 14.6 Å². The molecule has 0 unspecified atom stereocenters. The Morgan fingerprint density at radius 3 is 2.44 bits per heavy atom. The highest BCUT2D eigenvalue weighted by Crippen LogP contribution is 2.25. The lowest BCUT2D eigenvalue weighted by Gasteiger charge is -2.34. The number of hydrogen-bond acceptors (Lipinski definition) is 5. The van der Waals surface area contributed by atoms with Gasteiger partial charge in [-0.25, -0.2) is 17.2 Å². The first-order chi connectivity index (χ1) is 12.9. The third-order valence-corrected chi connectivity index (χ3v) is 7.04. The first kappa shape index (κ1) is 18.2. The number of hydrogen-bond donors (Lipinski definition) is 0. The number of anilines is 1. The number of aryl methyl sites for hydroxylation is 2. The zero-order valence-electron chi connectivity index (χ0n) is 14.7. The SMILES string of the molecule is O=S(=O)(c1cc(F)ccc1F)N1CCN(c2cc3c(nn2)CCCC3)CC1. The molecular formula is C18H20F2N4O2S. The van der Waals surface area contributed by atoms with Gasteiger partial charge in [0.05, 0.1) is 5.69 Å². The van der Waals surface area contributed by atoms with Gasteiger partial charge in [-0.1, -0.05) is 0 Å². The van der Waals surface area contributed by atoms with E-state index < -0.39 is 26.6 Å². The molecule has 0 spiro atoms. The molecule has 27 heavy (non-hydrogen) atoms. The maximum atomic E-state index is 13.9. The van der Waals surface area contributed by atoms with Gasteiger partial charge < -0.3 is 4.90 Å². The van der Waals surface area contributed by atoms with E-state index in [-0.39, 0.29) is 13.1 Å². The Balaban J connectivity index is 1.49. The molecule has 1 aliphatic carbocycles. The fraction of sp³-hybridized carbons (Fsp3) is 0.444. The van der Waals surface area contributed by atoms with Gasteiger partial charge in [0, 0.05) is 26.2 Å². The average Bonchev–Trinajstić information content (AvgIpc) is 2.69. The maximum absolute atomic E-state index is 13.9. The van der Waals surface area contributed by atoms with Crippen molar-refractivity contribution in [2.45, 2.75) is 30.6 Å². The molecule has 4 rings (SSSR count). The molecule has 0 bridgehead atoms. The lowest BCUT2D eigenvalue weighted by Crippen LogP contribution is -2.49. The van der Waals surface area contributed by atoms with Gasteiger partial charge in [-0.2, -0.15) is 9.40 Å². The number of aromatic nitrogens is 2. The van der Waals surface area contributed by atoms with E-state index in [2.05, 4.69) is 10.2 Å². The van der Waals surface area contributed by atoms with Gasteiger partial charge in [-0.15, -0.1) is 5.10 Å². The Morgan fingerprint density at radius 1 is 0.926 bits per heavy atom. The van der Waals surface area contributed by atoms with Gasteiger partial charge in [0.25, 0.3) is 0 Å². The minimum atomic E-state index is -4.08. The van der Waals surface area contributed by atoms with E-state index >= 15 is 0 Å². The van der Waals surface area contributed by atoms with Crippen LogP contribution < -0.4 is 4.90 Å². The van der Waals surface area contributed by atoms with Crippen molar-refractivity contribution in [3.8, 4) is 0 Å². The molecule has 0 radical (unpaired) electrons. The number of nitrogens with zero attached hydrogens (tertiary/aromatic N) is 4. The topological polar surface area (TPSA) is 66.4 Å². The van der Waals surface area contributed by atoms with Crippen molar-refractivity contribution < 1.29 is 17.2 Å². The van der Waals surface area contributed by atoms with E-state index in [1.807, 2.05) is 11.0 Å². The van der Waals surface area contributed by atoms with Crippen LogP contribution in [0.3, 0.4) is 0 Å². The van der Waals surface area contributed by atoms with Crippen LogP contribution in [0.15, 0.2) is 29.2 Å². The second-order valence-electron chi connectivity index (χ2n) is 6.85. The van der Waals surface area contributed by atoms with Crippen LogP contribution in [0.1, 0.15) is 24.1 Å². The third kappa shape index (κ3) is 3.53. The molecular weight excluding hydrogens is 374 g/mol. The molecule has 1 aliphatic heterocycles. The largest absolute Gasteiger partial charge is 0.352 e. The summed E-state index contributed by atoms with van der Waals surface area (Å²) < 4.78 is 53.8. The van der Waals surface area contributed by atoms with Crippen molar-refractivity contribution in [2.24, 2.45) is 0 Å². The summed E-state index contributed by atoms with van der Waals surface area (Å²) in [5, 5.41) is 8.60. The van der Waals surface area contributed by atoms with E-state index in [9.17, 15) is 17.2 Å². The minimum absolute atomic E-state index is 0.178. The van der Waals surface area contributed by atoms with Crippen LogP contribution in [0, 0.1) is 11.6 Å². The van der Waals surface area contributed by atoms with Gasteiger partial charge in [-0.3, -0.25) is 0 Å². The Kier molecular flexibility index (Phi) is 4.81. The molecule has 2 heterocycles. The van der Waals surface area contributed by atoms with Crippen molar-refractivity contribution in [1.29, 1.82) is 0 Å². The summed E-state index contributed by atoms with van der Waals surface area (Å²) >= 11 is 0. The molecule has 2 aromatic rings. The monoisotopic (exact) mass is 394 g/mol. The molecule has 144 valence electrons. The van der Waals surface area contributed by atoms with E-state index in [1.54, 1.807) is 0 Å². The van der Waals surface area contributed by atoms with Crippen LogP contribution in [0.2, 0.25) is 0 Å². The van der Waals surface area contributed by atoms with Crippen molar-refractivity contribution in [2.75, 3.05) is 31.1 Å². The normalized spacial score (nSPS) is 18.4. The second kappa shape index (κ2) is 7.12. The molecule has 0 N–H and O–H groups in total. The fourth-order valence-electron chi connectivity index (χ4n) is 3.60. The molecule has 1 fully saturated rings. The number of benzene rings is 1. The maximum Gasteiger partial charge on any atom is 0.246 e. The predicted octanol–water partition coefficient (Wildman–Crippen LogP) is 2.14. The summed E-state index contributed by atoms with van der Waals surface area (Å²) in [4.78, 5) is 1.36. The van der Waals surface area contributed by atoms with Crippen LogP contribution in [0.25, 0.3) is 0 Å². The van der Waals surface area contributed by atoms with Gasteiger partial charge in [0.2, 0.25) is 10.0 Å². The number of fused-ring (bicyclic) bond motifs is 1. The van der Waals surface area contributed by atoms with Gasteiger partial charge in [0.15, 0.2) is 5.82 Å². The molecule has 0 amide bonds. The first-order valence-corrected chi connectivity index (χ1v) is 10.4. The van der Waals surface area contributed by atoms with E-state index in [0.29, 0.717) is 13.1 Å². The zero-order chi connectivity index (χ0) is 19.0. The Morgan fingerprint density at radius 2 is 1.67 bits per heavy atom. The second-order valence-corrected chi connectivity index (χ2v) is 8.75. The summed E-state index contributed by atoms with van der Waals surface area (Å²) in [6.45, 7) is 1.20. The van der Waals surface area contributed by atoms with Crippen molar-refractivity contribution in [1.82, 2.24) is 14.5 Å². The van der Waals surface area contributed by atoms with E-state index in [1.165, 1.54) is 9.87 Å². The van der Waals surface area contributed by atoms with Crippen molar-refractivity contribution in [3.05, 3.63) is 47.2 Å². The summed E-state index contributed by atoms with van der Waals surface area (Å²) in [6.07, 6.45) is 4.22. The highest BCUT2D eigenvalue weighted by atomic mass is 32.2. The predicted molar refractivity (Wildman–Crippen MR) is 96.0 cm³/mol. The molecule has 0 saturated carbocycles. The Labute approximate surface area is 156 Å². The molecule has 1 aromatic heterocycles. The summed E-state index contributed by atoms with van der Waals surface area (Å²) in [6, 6.07) is 4.51. The van der Waals surface area contributed by atoms with Crippen LogP contribution in [-0.4, -0.2) is 49.1 Å². The Hall–Kier alpha value is -2.13. The zero-order valence-corrected chi connectivity index (χ0v) is 15.6. The summed E-state index contributed by atoms with van der Waals surface area (Å²) in [5.41, 5.74) is 2.26. The fourth-order valence-corrected chi connectivity index (χ4v) is 5.10. The quantitative estimate of drug-likeness (QED) is 0.798. The lowest BCUT2D eigenvalue weighted by atomic mass is 9.97. The molecule has 9 heteroatoms. The van der Waals surface area contributed by atoms with Crippen molar-refractivity contribution >= 4 is 15.8 Å². The lowest BCUT2D eigenvalue weighted by molar-refractivity contribution is 0.380. The first-order valence-electron chi connectivity index (χ1n) is 9.01. The molecule has 6 nitrogen and oxygen atoms in total. The number of piperazine rings is 1. The number of halogens is 2. The standard InChI is InChI=1S/C18H20F2N4O2S/c19-14-5-6-15(20)17(12-14)27(25,26)24-9-7-23(8-10-24)18-11-13-3-1-2-4-16(13)21-22-18/h5-6,11-12H,1-4,7-10H2. The highest BCUT2D eigenvalue weighted by molar-refractivity contribution is 7.89. The van der Waals surface area contributed by atoms with Gasteiger partial charge in [-0.05, 0) is 55.5 Å². The highest BCUT2D eigenvalue weighted by Gasteiger charge is 2.31. The molecule has 2 aliphatic rings. The summed E-state index contributed by atoms with van der Waals surface area (Å²) in [7, 11) is -4.08. The van der Waals surface area contributed by atoms with Crippen LogP contribution in [-0.2, 0) is 22.9 Å². The average molecular weight is 394 g/mol. The Bertz CT molecular complexity index is 960. The van der Waals surface area contributed by atoms with Gasteiger partial charge >= 0.3 is 0 Å². The van der Waals surface area contributed by atoms with Gasteiger partial charge in [0.1, 0.15) is 16.5 Å². The van der Waals surface area contributed by atoms with Crippen LogP contribution in [0.5, 0.6) is 0 Å². The minimum Gasteiger partial charge on any atom is -0.352 e. The number of sulfonamides is 1. The summed E-state index contributed by atoms with van der Waals surface area (Å²) in [5.74, 6) is -0.984. The van der Waals surface area contributed by atoms with E-state index in [4.69, 9.17) is 0 Å². The molecule has 1 saturated heterocycles. The van der Waals surface area contributed by atoms with Crippen molar-refractivity contribution in [3.63, 3.8) is 0 Å². The number of rotatable bonds is 3. The molecule has 1 aromatic carbocycles. The molecule has 0 atom stereocenters. The third-order valence-electron chi connectivity index (χ3n) is 5.13.